The van der Waals surface area contributed by atoms with Gasteiger partial charge in [-0.15, -0.1) is 0 Å². The number of hydrogen-bond acceptors (Lipinski definition) is 4. The van der Waals surface area contributed by atoms with E-state index < -0.39 is 5.92 Å². The lowest BCUT2D eigenvalue weighted by molar-refractivity contribution is -0.119. The highest BCUT2D eigenvalue weighted by Crippen LogP contribution is 2.29. The lowest BCUT2D eigenvalue weighted by atomic mass is 9.91. The predicted molar refractivity (Wildman–Crippen MR) is 78.1 cm³/mol. The molecule has 0 spiro atoms. The predicted octanol–water partition coefficient (Wildman–Crippen LogP) is 3.41. The van der Waals surface area contributed by atoms with E-state index in [1.807, 2.05) is 25.1 Å². The first kappa shape index (κ1) is 14.9. The van der Waals surface area contributed by atoms with Crippen LogP contribution < -0.4 is 4.74 Å². The first-order valence-electron chi connectivity index (χ1n) is 6.75. The quantitative estimate of drug-likeness (QED) is 0.815. The number of carbonyl (C=O) groups is 1. The Hall–Kier alpha value is -2.54. The zero-order valence-electron chi connectivity index (χ0n) is 12.1. The Kier molecular flexibility index (Phi) is 4.78. The number of carbonyl (C=O) groups excluding carboxylic acids is 1. The molecule has 0 fully saturated rings. The second-order valence-corrected chi connectivity index (χ2v) is 4.85. The molecular formula is C17H17NO3. The molecule has 21 heavy (non-hydrogen) atoms. The maximum Gasteiger partial charge on any atom is 0.155 e. The Morgan fingerprint density at radius 3 is 2.86 bits per heavy atom. The number of rotatable bonds is 6. The molecule has 0 bridgehead atoms. The zero-order chi connectivity index (χ0) is 15.2. The normalized spacial score (nSPS) is 11.7. The van der Waals surface area contributed by atoms with Crippen LogP contribution in [0.2, 0.25) is 0 Å². The van der Waals surface area contributed by atoms with Crippen molar-refractivity contribution in [2.24, 2.45) is 0 Å². The van der Waals surface area contributed by atoms with Crippen molar-refractivity contribution in [1.29, 1.82) is 5.26 Å². The van der Waals surface area contributed by atoms with Crippen LogP contribution in [0.1, 0.15) is 29.2 Å². The van der Waals surface area contributed by atoms with Crippen LogP contribution in [0.25, 0.3) is 0 Å². The Morgan fingerprint density at radius 1 is 1.43 bits per heavy atom. The van der Waals surface area contributed by atoms with Crippen LogP contribution in [0.3, 0.4) is 0 Å². The van der Waals surface area contributed by atoms with E-state index in [9.17, 15) is 10.1 Å². The van der Waals surface area contributed by atoms with Gasteiger partial charge < -0.3 is 9.15 Å². The van der Waals surface area contributed by atoms with E-state index in [0.717, 1.165) is 11.3 Å². The molecule has 0 radical (unpaired) electrons. The average Bonchev–Trinajstić information content (AvgIpc) is 2.99. The van der Waals surface area contributed by atoms with Crippen LogP contribution in [0.15, 0.2) is 41.0 Å². The molecular weight excluding hydrogens is 266 g/mol. The summed E-state index contributed by atoms with van der Waals surface area (Å²) in [7, 11) is 1.54. The summed E-state index contributed by atoms with van der Waals surface area (Å²) in [5.41, 5.74) is 1.62. The van der Waals surface area contributed by atoms with Crippen molar-refractivity contribution < 1.29 is 13.9 Å². The number of ether oxygens (including phenoxy) is 1. The Bertz CT molecular complexity index is 653. The Labute approximate surface area is 124 Å². The molecule has 0 aliphatic carbocycles. The SMILES string of the molecule is COc1ccc(C)cc1C(C#N)C(=O)CCc1ccco1. The number of furan rings is 1. The fourth-order valence-electron chi connectivity index (χ4n) is 2.24. The standard InChI is InChI=1S/C17H17NO3/c1-12-5-8-17(20-2)14(10-12)15(11-18)16(19)7-6-13-4-3-9-21-13/h3-5,8-10,15H,6-7H2,1-2H3. The van der Waals surface area contributed by atoms with Crippen molar-refractivity contribution in [2.45, 2.75) is 25.7 Å². The maximum atomic E-state index is 12.3. The van der Waals surface area contributed by atoms with E-state index in [2.05, 4.69) is 6.07 Å². The van der Waals surface area contributed by atoms with Crippen molar-refractivity contribution in [1.82, 2.24) is 0 Å². The van der Waals surface area contributed by atoms with E-state index in [4.69, 9.17) is 9.15 Å². The monoisotopic (exact) mass is 283 g/mol. The minimum absolute atomic E-state index is 0.127. The highest BCUT2D eigenvalue weighted by atomic mass is 16.5. The molecule has 2 rings (SSSR count). The average molecular weight is 283 g/mol. The topological polar surface area (TPSA) is 63.2 Å². The highest BCUT2D eigenvalue weighted by molar-refractivity contribution is 5.89. The van der Waals surface area contributed by atoms with E-state index in [0.29, 0.717) is 17.7 Å². The summed E-state index contributed by atoms with van der Waals surface area (Å²) in [4.78, 5) is 12.3. The molecule has 1 heterocycles. The van der Waals surface area contributed by atoms with Crippen LogP contribution in [0, 0.1) is 18.3 Å². The summed E-state index contributed by atoms with van der Waals surface area (Å²) in [6.07, 6.45) is 2.34. The Balaban J connectivity index is 2.17. The van der Waals surface area contributed by atoms with Crippen molar-refractivity contribution in [3.05, 3.63) is 53.5 Å². The molecule has 0 aliphatic heterocycles. The van der Waals surface area contributed by atoms with Crippen molar-refractivity contribution in [3.8, 4) is 11.8 Å². The minimum Gasteiger partial charge on any atom is -0.496 e. The van der Waals surface area contributed by atoms with Gasteiger partial charge in [0, 0.05) is 18.4 Å². The number of Topliss-reactive ketones (excluding diaryl/α,β-unsaturated/α-hetero) is 1. The van der Waals surface area contributed by atoms with Crippen LogP contribution >= 0.6 is 0 Å². The minimum atomic E-state index is -0.810. The number of nitriles is 1. The van der Waals surface area contributed by atoms with Gasteiger partial charge in [-0.25, -0.2) is 0 Å². The fourth-order valence-corrected chi connectivity index (χ4v) is 2.24. The number of methoxy groups -OCH3 is 1. The van der Waals surface area contributed by atoms with Gasteiger partial charge in [0.1, 0.15) is 17.4 Å². The van der Waals surface area contributed by atoms with Crippen LogP contribution in [0.5, 0.6) is 5.75 Å². The summed E-state index contributed by atoms with van der Waals surface area (Å²) in [6.45, 7) is 1.92. The maximum absolute atomic E-state index is 12.3. The summed E-state index contributed by atoms with van der Waals surface area (Å²) in [6, 6.07) is 11.2. The fraction of sp³-hybridized carbons (Fsp3) is 0.294. The third kappa shape index (κ3) is 3.51. The summed E-state index contributed by atoms with van der Waals surface area (Å²) >= 11 is 0. The van der Waals surface area contributed by atoms with Gasteiger partial charge in [0.05, 0.1) is 19.4 Å². The number of ketones is 1. The molecule has 1 unspecified atom stereocenters. The van der Waals surface area contributed by atoms with Crippen molar-refractivity contribution >= 4 is 5.78 Å². The zero-order valence-corrected chi connectivity index (χ0v) is 12.1. The van der Waals surface area contributed by atoms with Gasteiger partial charge in [0.15, 0.2) is 5.78 Å². The van der Waals surface area contributed by atoms with E-state index in [1.165, 1.54) is 7.11 Å². The molecule has 4 nitrogen and oxygen atoms in total. The van der Waals surface area contributed by atoms with E-state index in [1.54, 1.807) is 18.4 Å². The number of aryl methyl sites for hydroxylation is 2. The van der Waals surface area contributed by atoms with Gasteiger partial charge in [-0.3, -0.25) is 4.79 Å². The van der Waals surface area contributed by atoms with Crippen molar-refractivity contribution in [3.63, 3.8) is 0 Å². The first-order valence-corrected chi connectivity index (χ1v) is 6.75. The third-order valence-electron chi connectivity index (χ3n) is 3.35. The number of hydrogen-bond donors (Lipinski definition) is 0. The second-order valence-electron chi connectivity index (χ2n) is 4.85. The molecule has 4 heteroatoms. The van der Waals surface area contributed by atoms with Gasteiger partial charge in [-0.2, -0.15) is 5.26 Å². The van der Waals surface area contributed by atoms with E-state index in [-0.39, 0.29) is 12.2 Å². The largest absolute Gasteiger partial charge is 0.496 e. The van der Waals surface area contributed by atoms with Gasteiger partial charge in [0.25, 0.3) is 0 Å². The van der Waals surface area contributed by atoms with Gasteiger partial charge in [-0.05, 0) is 25.1 Å². The molecule has 0 amide bonds. The second kappa shape index (κ2) is 6.76. The first-order chi connectivity index (χ1) is 10.2. The molecule has 2 aromatic rings. The smallest absolute Gasteiger partial charge is 0.155 e. The van der Waals surface area contributed by atoms with Gasteiger partial charge in [-0.1, -0.05) is 17.7 Å². The number of nitrogens with zero attached hydrogens (tertiary/aromatic N) is 1. The summed E-state index contributed by atoms with van der Waals surface area (Å²) in [5.74, 6) is 0.377. The summed E-state index contributed by atoms with van der Waals surface area (Å²) < 4.78 is 10.5. The lowest BCUT2D eigenvalue weighted by Crippen LogP contribution is -2.13. The van der Waals surface area contributed by atoms with Crippen LogP contribution in [-0.2, 0) is 11.2 Å². The summed E-state index contributed by atoms with van der Waals surface area (Å²) in [5, 5.41) is 9.37. The van der Waals surface area contributed by atoms with Gasteiger partial charge >= 0.3 is 0 Å². The Morgan fingerprint density at radius 2 is 2.24 bits per heavy atom. The molecule has 1 aromatic carbocycles. The molecule has 0 N–H and O–H groups in total. The lowest BCUT2D eigenvalue weighted by Gasteiger charge is -2.13. The van der Waals surface area contributed by atoms with E-state index >= 15 is 0 Å². The molecule has 1 atom stereocenters. The molecule has 1 aromatic heterocycles. The van der Waals surface area contributed by atoms with Gasteiger partial charge in [0.2, 0.25) is 0 Å². The number of benzene rings is 1. The third-order valence-corrected chi connectivity index (χ3v) is 3.35. The molecule has 0 saturated carbocycles. The van der Waals surface area contributed by atoms with Crippen LogP contribution in [-0.4, -0.2) is 12.9 Å². The molecule has 0 aliphatic rings. The molecule has 0 saturated heterocycles. The molecule has 108 valence electrons. The highest BCUT2D eigenvalue weighted by Gasteiger charge is 2.23. The van der Waals surface area contributed by atoms with Crippen molar-refractivity contribution in [2.75, 3.05) is 7.11 Å². The van der Waals surface area contributed by atoms with Crippen LogP contribution in [0.4, 0.5) is 0 Å².